The summed E-state index contributed by atoms with van der Waals surface area (Å²) < 4.78 is 7.41. The lowest BCUT2D eigenvalue weighted by Crippen LogP contribution is -2.10. The molecule has 4 nitrogen and oxygen atoms in total. The van der Waals surface area contributed by atoms with Crippen molar-refractivity contribution in [3.63, 3.8) is 0 Å². The summed E-state index contributed by atoms with van der Waals surface area (Å²) in [7, 11) is 3.64. The second kappa shape index (κ2) is 5.89. The average molecular weight is 259 g/mol. The Morgan fingerprint density at radius 2 is 2.05 bits per heavy atom. The first-order chi connectivity index (χ1) is 9.19. The minimum Gasteiger partial charge on any atom is -0.494 e. The monoisotopic (exact) mass is 259 g/mol. The van der Waals surface area contributed by atoms with Gasteiger partial charge in [0.2, 0.25) is 0 Å². The second-order valence-corrected chi connectivity index (χ2v) is 4.82. The van der Waals surface area contributed by atoms with E-state index >= 15 is 0 Å². The third-order valence-electron chi connectivity index (χ3n) is 3.11. The molecule has 0 atom stereocenters. The van der Waals surface area contributed by atoms with Crippen molar-refractivity contribution in [1.29, 1.82) is 0 Å². The van der Waals surface area contributed by atoms with Crippen molar-refractivity contribution in [2.45, 2.75) is 26.3 Å². The van der Waals surface area contributed by atoms with Crippen LogP contribution in [0.3, 0.4) is 0 Å². The zero-order valence-corrected chi connectivity index (χ0v) is 12.0. The van der Waals surface area contributed by atoms with Crippen LogP contribution in [0.4, 0.5) is 0 Å². The fourth-order valence-corrected chi connectivity index (χ4v) is 2.33. The number of benzene rings is 1. The first kappa shape index (κ1) is 13.6. The zero-order valence-electron chi connectivity index (χ0n) is 12.0. The molecular formula is C15H21N3O. The molecule has 0 saturated carbocycles. The number of hydrogen-bond acceptors (Lipinski definition) is 3. The molecule has 0 fully saturated rings. The van der Waals surface area contributed by atoms with Gasteiger partial charge in [-0.1, -0.05) is 26.0 Å². The van der Waals surface area contributed by atoms with E-state index in [1.165, 1.54) is 11.3 Å². The maximum absolute atomic E-state index is 5.43. The van der Waals surface area contributed by atoms with E-state index in [0.29, 0.717) is 5.92 Å². The van der Waals surface area contributed by atoms with Crippen LogP contribution in [-0.4, -0.2) is 23.9 Å². The van der Waals surface area contributed by atoms with Crippen molar-refractivity contribution in [3.8, 4) is 11.4 Å². The number of nitrogens with one attached hydrogen (secondary N) is 1. The first-order valence-electron chi connectivity index (χ1n) is 6.53. The predicted molar refractivity (Wildman–Crippen MR) is 77.0 cm³/mol. The van der Waals surface area contributed by atoms with Crippen LogP contribution in [0.5, 0.6) is 5.75 Å². The Morgan fingerprint density at radius 1 is 1.32 bits per heavy atom. The number of aromatic nitrogens is 2. The molecule has 2 rings (SSSR count). The summed E-state index contributed by atoms with van der Waals surface area (Å²) in [6, 6.07) is 7.95. The average Bonchev–Trinajstić information content (AvgIpc) is 2.83. The molecule has 4 heteroatoms. The Bertz CT molecular complexity index is 546. The van der Waals surface area contributed by atoms with Gasteiger partial charge < -0.3 is 10.1 Å². The predicted octanol–water partition coefficient (Wildman–Crippen LogP) is 2.72. The molecule has 0 spiro atoms. The van der Waals surface area contributed by atoms with Crippen molar-refractivity contribution in [2.24, 2.45) is 0 Å². The Kier molecular flexibility index (Phi) is 4.22. The maximum Gasteiger partial charge on any atom is 0.144 e. The van der Waals surface area contributed by atoms with Crippen LogP contribution in [0.1, 0.15) is 31.0 Å². The number of para-hydroxylation sites is 2. The Labute approximate surface area is 114 Å². The molecule has 1 heterocycles. The normalized spacial score (nSPS) is 11.0. The highest BCUT2D eigenvalue weighted by Gasteiger charge is 2.17. The third kappa shape index (κ3) is 2.63. The van der Waals surface area contributed by atoms with Gasteiger partial charge in [0, 0.05) is 12.1 Å². The van der Waals surface area contributed by atoms with Gasteiger partial charge in [0.15, 0.2) is 0 Å². The van der Waals surface area contributed by atoms with Crippen LogP contribution < -0.4 is 10.1 Å². The van der Waals surface area contributed by atoms with Crippen LogP contribution in [0.2, 0.25) is 0 Å². The first-order valence-corrected chi connectivity index (χ1v) is 6.53. The summed E-state index contributed by atoms with van der Waals surface area (Å²) in [6.07, 6.45) is 1.93. The molecule has 0 saturated heterocycles. The zero-order chi connectivity index (χ0) is 13.8. The van der Waals surface area contributed by atoms with Gasteiger partial charge in [-0.2, -0.15) is 5.10 Å². The minimum atomic E-state index is 0.399. The van der Waals surface area contributed by atoms with Gasteiger partial charge in [-0.15, -0.1) is 0 Å². The van der Waals surface area contributed by atoms with Crippen LogP contribution >= 0.6 is 0 Å². The van der Waals surface area contributed by atoms with Gasteiger partial charge in [-0.05, 0) is 25.1 Å². The van der Waals surface area contributed by atoms with Crippen LogP contribution in [0, 0.1) is 0 Å². The quantitative estimate of drug-likeness (QED) is 0.897. The molecule has 19 heavy (non-hydrogen) atoms. The third-order valence-corrected chi connectivity index (χ3v) is 3.11. The van der Waals surface area contributed by atoms with E-state index < -0.39 is 0 Å². The van der Waals surface area contributed by atoms with Crippen LogP contribution in [0.15, 0.2) is 30.5 Å². The summed E-state index contributed by atoms with van der Waals surface area (Å²) in [6.45, 7) is 5.19. The van der Waals surface area contributed by atoms with Gasteiger partial charge in [0.1, 0.15) is 11.4 Å². The van der Waals surface area contributed by atoms with Crippen LogP contribution in [0.25, 0.3) is 5.69 Å². The smallest absolute Gasteiger partial charge is 0.144 e. The van der Waals surface area contributed by atoms with E-state index in [4.69, 9.17) is 4.74 Å². The lowest BCUT2D eigenvalue weighted by Gasteiger charge is -2.15. The van der Waals surface area contributed by atoms with E-state index in [-0.39, 0.29) is 0 Å². The molecule has 1 aromatic carbocycles. The van der Waals surface area contributed by atoms with E-state index in [1.54, 1.807) is 7.11 Å². The number of rotatable bonds is 5. The van der Waals surface area contributed by atoms with Gasteiger partial charge in [0.25, 0.3) is 0 Å². The molecule has 102 valence electrons. The lowest BCUT2D eigenvalue weighted by molar-refractivity contribution is 0.411. The van der Waals surface area contributed by atoms with Gasteiger partial charge in [-0.3, -0.25) is 0 Å². The molecule has 0 aliphatic heterocycles. The molecule has 0 aliphatic rings. The molecular weight excluding hydrogens is 238 g/mol. The number of nitrogens with zero attached hydrogens (tertiary/aromatic N) is 2. The topological polar surface area (TPSA) is 39.1 Å². The fraction of sp³-hybridized carbons (Fsp3) is 0.400. The highest BCUT2D eigenvalue weighted by Crippen LogP contribution is 2.28. The maximum atomic E-state index is 5.43. The molecule has 0 aliphatic carbocycles. The molecule has 1 N–H and O–H groups in total. The van der Waals surface area contributed by atoms with Crippen molar-refractivity contribution in [1.82, 2.24) is 15.1 Å². The second-order valence-electron chi connectivity index (χ2n) is 4.82. The van der Waals surface area contributed by atoms with Gasteiger partial charge in [0.05, 0.1) is 19.0 Å². The van der Waals surface area contributed by atoms with Gasteiger partial charge >= 0.3 is 0 Å². The summed E-state index contributed by atoms with van der Waals surface area (Å²) >= 11 is 0. The largest absolute Gasteiger partial charge is 0.494 e. The SMILES string of the molecule is CNCc1cnn(-c2ccccc2OC)c1C(C)C. The Hall–Kier alpha value is -1.81. The highest BCUT2D eigenvalue weighted by atomic mass is 16.5. The van der Waals surface area contributed by atoms with Crippen molar-refractivity contribution in [3.05, 3.63) is 41.7 Å². The summed E-state index contributed by atoms with van der Waals surface area (Å²) in [4.78, 5) is 0. The van der Waals surface area contributed by atoms with E-state index in [0.717, 1.165) is 18.0 Å². The van der Waals surface area contributed by atoms with Crippen molar-refractivity contribution < 1.29 is 4.74 Å². The van der Waals surface area contributed by atoms with Crippen molar-refractivity contribution in [2.75, 3.05) is 14.2 Å². The summed E-state index contributed by atoms with van der Waals surface area (Å²) in [5.41, 5.74) is 3.43. The molecule has 0 unspecified atom stereocenters. The summed E-state index contributed by atoms with van der Waals surface area (Å²) in [5.74, 6) is 1.24. The standard InChI is InChI=1S/C15H21N3O/c1-11(2)15-12(9-16-3)10-17-18(15)13-7-5-6-8-14(13)19-4/h5-8,10-11,16H,9H2,1-4H3. The summed E-state index contributed by atoms with van der Waals surface area (Å²) in [5, 5.41) is 7.72. The minimum absolute atomic E-state index is 0.399. The van der Waals surface area contributed by atoms with E-state index in [2.05, 4.69) is 24.3 Å². The molecule has 0 radical (unpaired) electrons. The van der Waals surface area contributed by atoms with Crippen LogP contribution in [-0.2, 0) is 6.54 Å². The Balaban J connectivity index is 2.55. The molecule has 0 bridgehead atoms. The number of methoxy groups -OCH3 is 1. The highest BCUT2D eigenvalue weighted by molar-refractivity contribution is 5.48. The van der Waals surface area contributed by atoms with E-state index in [1.807, 2.05) is 42.2 Å². The van der Waals surface area contributed by atoms with Gasteiger partial charge in [-0.25, -0.2) is 4.68 Å². The number of ether oxygens (including phenoxy) is 1. The van der Waals surface area contributed by atoms with E-state index in [9.17, 15) is 0 Å². The molecule has 0 amide bonds. The molecule has 2 aromatic rings. The number of hydrogen-bond donors (Lipinski definition) is 1. The van der Waals surface area contributed by atoms with Crippen molar-refractivity contribution >= 4 is 0 Å². The lowest BCUT2D eigenvalue weighted by atomic mass is 10.1. The fourth-order valence-electron chi connectivity index (χ4n) is 2.33. The Morgan fingerprint density at radius 3 is 2.68 bits per heavy atom. The molecule has 1 aromatic heterocycles.